The summed E-state index contributed by atoms with van der Waals surface area (Å²) in [6.45, 7) is 1.26. The van der Waals surface area contributed by atoms with Crippen molar-refractivity contribution in [2.24, 2.45) is 0 Å². The van der Waals surface area contributed by atoms with Gasteiger partial charge >= 0.3 is 6.18 Å². The van der Waals surface area contributed by atoms with E-state index in [4.69, 9.17) is 4.74 Å². The summed E-state index contributed by atoms with van der Waals surface area (Å²) < 4.78 is 69.8. The van der Waals surface area contributed by atoms with Gasteiger partial charge in [-0.1, -0.05) is 24.3 Å². The quantitative estimate of drug-likeness (QED) is 0.750. The number of halogens is 3. The minimum Gasteiger partial charge on any atom is -0.492 e. The number of rotatable bonds is 7. The first-order chi connectivity index (χ1) is 13.0. The number of sulfonamides is 1. The zero-order valence-corrected chi connectivity index (χ0v) is 16.0. The number of alkyl halides is 3. The van der Waals surface area contributed by atoms with E-state index in [0.717, 1.165) is 22.7 Å². The molecular formula is C18H19F3N2O4S. The maximum Gasteiger partial charge on any atom is 0.418 e. The van der Waals surface area contributed by atoms with Crippen LogP contribution in [0.1, 0.15) is 12.5 Å². The minimum absolute atomic E-state index is 0.117. The summed E-state index contributed by atoms with van der Waals surface area (Å²) in [4.78, 5) is 12.4. The number of nitrogens with one attached hydrogen (secondary N) is 1. The molecule has 1 N–H and O–H groups in total. The Bertz CT molecular complexity index is 946. The summed E-state index contributed by atoms with van der Waals surface area (Å²) >= 11 is 0. The van der Waals surface area contributed by atoms with Crippen molar-refractivity contribution in [3.05, 3.63) is 54.1 Å². The van der Waals surface area contributed by atoms with Crippen molar-refractivity contribution in [3.8, 4) is 5.75 Å². The van der Waals surface area contributed by atoms with Gasteiger partial charge in [0, 0.05) is 0 Å². The summed E-state index contributed by atoms with van der Waals surface area (Å²) in [5.41, 5.74) is -1.36. The predicted molar refractivity (Wildman–Crippen MR) is 99.9 cm³/mol. The second-order valence-electron chi connectivity index (χ2n) is 5.76. The number of carbonyl (C=O) groups is 1. The molecule has 0 saturated heterocycles. The highest BCUT2D eigenvalue weighted by atomic mass is 32.2. The second-order valence-corrected chi connectivity index (χ2v) is 7.67. The van der Waals surface area contributed by atoms with E-state index in [0.29, 0.717) is 0 Å². The van der Waals surface area contributed by atoms with E-state index in [-0.39, 0.29) is 18.0 Å². The highest BCUT2D eigenvalue weighted by molar-refractivity contribution is 7.92. The van der Waals surface area contributed by atoms with Crippen LogP contribution in [-0.2, 0) is 21.0 Å². The third kappa shape index (κ3) is 5.38. The van der Waals surface area contributed by atoms with Crippen molar-refractivity contribution in [1.29, 1.82) is 0 Å². The van der Waals surface area contributed by atoms with Gasteiger partial charge in [-0.25, -0.2) is 8.42 Å². The third-order valence-electron chi connectivity index (χ3n) is 3.63. The minimum atomic E-state index is -4.66. The van der Waals surface area contributed by atoms with Gasteiger partial charge in [0.1, 0.15) is 12.3 Å². The normalized spacial score (nSPS) is 11.8. The van der Waals surface area contributed by atoms with Crippen LogP contribution in [0.15, 0.2) is 48.5 Å². The first kappa shape index (κ1) is 21.5. The Morgan fingerprint density at radius 3 is 2.32 bits per heavy atom. The lowest BCUT2D eigenvalue weighted by Crippen LogP contribution is -2.38. The summed E-state index contributed by atoms with van der Waals surface area (Å²) in [6.07, 6.45) is -3.77. The third-order valence-corrected chi connectivity index (χ3v) is 4.75. The van der Waals surface area contributed by atoms with E-state index < -0.39 is 39.9 Å². The molecule has 0 atom stereocenters. The van der Waals surface area contributed by atoms with Gasteiger partial charge < -0.3 is 10.1 Å². The number of amides is 1. The number of nitrogens with zero attached hydrogens (tertiary/aromatic N) is 1. The molecule has 0 saturated carbocycles. The molecule has 0 aliphatic carbocycles. The molecule has 1 amide bonds. The van der Waals surface area contributed by atoms with Gasteiger partial charge in [0.2, 0.25) is 15.9 Å². The van der Waals surface area contributed by atoms with E-state index >= 15 is 0 Å². The molecule has 152 valence electrons. The lowest BCUT2D eigenvalue weighted by molar-refractivity contribution is -0.137. The lowest BCUT2D eigenvalue weighted by atomic mass is 10.1. The second kappa shape index (κ2) is 8.51. The molecular weight excluding hydrogens is 397 g/mol. The van der Waals surface area contributed by atoms with Crippen LogP contribution in [0.25, 0.3) is 0 Å². The van der Waals surface area contributed by atoms with Gasteiger partial charge in [0.25, 0.3) is 0 Å². The van der Waals surface area contributed by atoms with E-state index in [1.54, 1.807) is 19.1 Å². The summed E-state index contributed by atoms with van der Waals surface area (Å²) in [5.74, 6) is -0.688. The van der Waals surface area contributed by atoms with E-state index in [1.807, 2.05) is 0 Å². The molecule has 2 aromatic carbocycles. The monoisotopic (exact) mass is 416 g/mol. The SMILES string of the molecule is CCOc1ccccc1N(CC(=O)Nc1ccccc1C(F)(F)F)S(C)(=O)=O. The summed E-state index contributed by atoms with van der Waals surface area (Å²) in [5, 5.41) is 2.14. The zero-order valence-electron chi connectivity index (χ0n) is 15.2. The topological polar surface area (TPSA) is 75.7 Å². The highest BCUT2D eigenvalue weighted by Crippen LogP contribution is 2.35. The Hall–Kier alpha value is -2.75. The number of carbonyl (C=O) groups excluding carboxylic acids is 1. The van der Waals surface area contributed by atoms with Crippen LogP contribution in [0.5, 0.6) is 5.75 Å². The molecule has 0 bridgehead atoms. The zero-order chi connectivity index (χ0) is 20.9. The molecule has 0 fully saturated rings. The molecule has 10 heteroatoms. The largest absolute Gasteiger partial charge is 0.492 e. The van der Waals surface area contributed by atoms with Crippen LogP contribution in [0.2, 0.25) is 0 Å². The van der Waals surface area contributed by atoms with Gasteiger partial charge in [-0.05, 0) is 31.2 Å². The molecule has 6 nitrogen and oxygen atoms in total. The number of ether oxygens (including phenoxy) is 1. The van der Waals surface area contributed by atoms with Crippen LogP contribution in [-0.4, -0.2) is 33.7 Å². The Labute approximate surface area is 161 Å². The van der Waals surface area contributed by atoms with Gasteiger partial charge in [-0.15, -0.1) is 0 Å². The maximum atomic E-state index is 13.1. The molecule has 0 spiro atoms. The molecule has 0 heterocycles. The number of hydrogen-bond donors (Lipinski definition) is 1. The van der Waals surface area contributed by atoms with Gasteiger partial charge in [-0.2, -0.15) is 13.2 Å². The summed E-state index contributed by atoms with van der Waals surface area (Å²) in [6, 6.07) is 10.6. The van der Waals surface area contributed by atoms with Crippen LogP contribution in [0, 0.1) is 0 Å². The Morgan fingerprint density at radius 2 is 1.71 bits per heavy atom. The number of benzene rings is 2. The van der Waals surface area contributed by atoms with Crippen molar-refractivity contribution < 1.29 is 31.1 Å². The smallest absolute Gasteiger partial charge is 0.418 e. The molecule has 0 aliphatic heterocycles. The standard InChI is InChI=1S/C18H19F3N2O4S/c1-3-27-16-11-7-6-10-15(16)23(28(2,25)26)12-17(24)22-14-9-5-4-8-13(14)18(19,20)21/h4-11H,3,12H2,1-2H3,(H,22,24). The van der Waals surface area contributed by atoms with Crippen LogP contribution in [0.3, 0.4) is 0 Å². The van der Waals surface area contributed by atoms with Crippen LogP contribution < -0.4 is 14.4 Å². The molecule has 2 rings (SSSR count). The first-order valence-corrected chi connectivity index (χ1v) is 10.0. The maximum absolute atomic E-state index is 13.1. The van der Waals surface area contributed by atoms with Crippen LogP contribution >= 0.6 is 0 Å². The number of anilines is 2. The molecule has 2 aromatic rings. The number of para-hydroxylation sites is 3. The predicted octanol–water partition coefficient (Wildman–Crippen LogP) is 3.51. The molecule has 0 aromatic heterocycles. The van der Waals surface area contributed by atoms with Crippen molar-refractivity contribution in [1.82, 2.24) is 0 Å². The molecule has 0 aliphatic rings. The lowest BCUT2D eigenvalue weighted by Gasteiger charge is -2.24. The fraction of sp³-hybridized carbons (Fsp3) is 0.278. The highest BCUT2D eigenvalue weighted by Gasteiger charge is 2.34. The first-order valence-electron chi connectivity index (χ1n) is 8.19. The van der Waals surface area contributed by atoms with Crippen molar-refractivity contribution >= 4 is 27.3 Å². The Balaban J connectivity index is 2.32. The van der Waals surface area contributed by atoms with Gasteiger partial charge in [0.15, 0.2) is 0 Å². The average Bonchev–Trinajstić information content (AvgIpc) is 2.59. The molecule has 28 heavy (non-hydrogen) atoms. The van der Waals surface area contributed by atoms with Gasteiger partial charge in [-0.3, -0.25) is 9.10 Å². The Kier molecular flexibility index (Phi) is 6.55. The molecule has 0 unspecified atom stereocenters. The van der Waals surface area contributed by atoms with Crippen molar-refractivity contribution in [2.45, 2.75) is 13.1 Å². The molecule has 0 radical (unpaired) electrons. The Morgan fingerprint density at radius 1 is 1.11 bits per heavy atom. The van der Waals surface area contributed by atoms with E-state index in [2.05, 4.69) is 5.32 Å². The summed E-state index contributed by atoms with van der Waals surface area (Å²) in [7, 11) is -3.91. The van der Waals surface area contributed by atoms with Crippen molar-refractivity contribution in [3.63, 3.8) is 0 Å². The fourth-order valence-electron chi connectivity index (χ4n) is 2.48. The average molecular weight is 416 g/mol. The van der Waals surface area contributed by atoms with Crippen LogP contribution in [0.4, 0.5) is 24.5 Å². The van der Waals surface area contributed by atoms with Gasteiger partial charge in [0.05, 0.1) is 29.8 Å². The fourth-order valence-corrected chi connectivity index (χ4v) is 3.34. The van der Waals surface area contributed by atoms with Crippen molar-refractivity contribution in [2.75, 3.05) is 29.0 Å². The van der Waals surface area contributed by atoms with E-state index in [1.165, 1.54) is 24.3 Å². The van der Waals surface area contributed by atoms with E-state index in [9.17, 15) is 26.4 Å². The number of hydrogen-bond acceptors (Lipinski definition) is 4.